The minimum Gasteiger partial charge on any atom is -0.509 e. The highest BCUT2D eigenvalue weighted by Crippen LogP contribution is 2.29. The molecule has 0 saturated carbocycles. The number of anilines is 1. The van der Waals surface area contributed by atoms with Crippen molar-refractivity contribution in [3.8, 4) is 0 Å². The maximum absolute atomic E-state index is 10.2. The van der Waals surface area contributed by atoms with Gasteiger partial charge in [-0.1, -0.05) is 12.1 Å². The first kappa shape index (κ1) is 11.7. The smallest absolute Gasteiger partial charge is 0.145 e. The van der Waals surface area contributed by atoms with Crippen molar-refractivity contribution >= 4 is 28.3 Å². The zero-order valence-corrected chi connectivity index (χ0v) is 11.0. The van der Waals surface area contributed by atoms with Crippen LogP contribution in [-0.2, 0) is 0 Å². The van der Waals surface area contributed by atoms with Crippen LogP contribution < -0.4 is 4.90 Å². The lowest BCUT2D eigenvalue weighted by atomic mass is 10.2. The molecule has 0 fully saturated rings. The third kappa shape index (κ3) is 1.71. The summed E-state index contributed by atoms with van der Waals surface area (Å²) < 4.78 is 0. The Labute approximate surface area is 119 Å². The van der Waals surface area contributed by atoms with Crippen molar-refractivity contribution in [3.63, 3.8) is 0 Å². The van der Waals surface area contributed by atoms with E-state index in [1.807, 2.05) is 24.3 Å². The van der Waals surface area contributed by atoms with Gasteiger partial charge in [0, 0.05) is 6.07 Å². The number of nitrogens with zero attached hydrogens (tertiary/aromatic N) is 3. The van der Waals surface area contributed by atoms with E-state index in [0.29, 0.717) is 17.2 Å². The van der Waals surface area contributed by atoms with Gasteiger partial charge in [0.15, 0.2) is 0 Å². The lowest BCUT2D eigenvalue weighted by Crippen LogP contribution is -2.26. The molecule has 0 amide bonds. The molecule has 21 heavy (non-hydrogen) atoms. The van der Waals surface area contributed by atoms with Crippen LogP contribution in [0.4, 0.5) is 5.82 Å². The molecule has 4 N–H and O–H groups in total. The van der Waals surface area contributed by atoms with E-state index in [1.165, 1.54) is 0 Å². The second-order valence-electron chi connectivity index (χ2n) is 4.80. The number of nitrogens with one attached hydrogen (secondary N) is 3. The Bertz CT molecular complexity index is 828. The Morgan fingerprint density at radius 3 is 2.86 bits per heavy atom. The van der Waals surface area contributed by atoms with Gasteiger partial charge in [-0.3, -0.25) is 10.5 Å². The van der Waals surface area contributed by atoms with Gasteiger partial charge in [0.25, 0.3) is 0 Å². The van der Waals surface area contributed by atoms with Crippen molar-refractivity contribution in [1.29, 1.82) is 5.41 Å². The van der Waals surface area contributed by atoms with E-state index in [0.717, 1.165) is 11.0 Å². The third-order valence-electron chi connectivity index (χ3n) is 3.51. The quantitative estimate of drug-likeness (QED) is 0.576. The first-order chi connectivity index (χ1) is 10.2. The van der Waals surface area contributed by atoms with E-state index in [-0.39, 0.29) is 18.1 Å². The van der Waals surface area contributed by atoms with E-state index in [9.17, 15) is 5.11 Å². The fourth-order valence-corrected chi connectivity index (χ4v) is 2.50. The summed E-state index contributed by atoms with van der Waals surface area (Å²) in [6.45, 7) is 0.230. The standard InChI is InChI=1S/C14H12N6O/c15-13-12(10(21)7-20(13)11-5-6-16-19-11)14-17-8-3-1-2-4-9(8)18-14/h1-6,15,21H,7H2,(H,16,19)(H,17,18). The number of aromatic nitrogens is 4. The van der Waals surface area contributed by atoms with Crippen LogP contribution >= 0.6 is 0 Å². The number of fused-ring (bicyclic) bond motifs is 1. The number of H-pyrrole nitrogens is 2. The van der Waals surface area contributed by atoms with Crippen LogP contribution in [0, 0.1) is 5.41 Å². The zero-order chi connectivity index (χ0) is 14.4. The minimum absolute atomic E-state index is 0.119. The average Bonchev–Trinajstić information content (AvgIpc) is 3.17. The SMILES string of the molecule is N=C1C(c2nc3ccccc3[nH]2)=C(O)CN1c1ccn[nH]1. The predicted molar refractivity (Wildman–Crippen MR) is 79.3 cm³/mol. The Morgan fingerprint density at radius 1 is 1.24 bits per heavy atom. The van der Waals surface area contributed by atoms with Crippen molar-refractivity contribution in [2.45, 2.75) is 0 Å². The number of rotatable bonds is 2. The number of hydrogen-bond donors (Lipinski definition) is 4. The van der Waals surface area contributed by atoms with Gasteiger partial charge in [0.05, 0.1) is 29.3 Å². The number of benzene rings is 1. The fraction of sp³-hybridized carbons (Fsp3) is 0.0714. The zero-order valence-electron chi connectivity index (χ0n) is 11.0. The van der Waals surface area contributed by atoms with E-state index < -0.39 is 0 Å². The molecule has 3 heterocycles. The second-order valence-corrected chi connectivity index (χ2v) is 4.80. The van der Waals surface area contributed by atoms with Crippen LogP contribution in [0.25, 0.3) is 16.6 Å². The highest BCUT2D eigenvalue weighted by Gasteiger charge is 2.31. The molecule has 7 nitrogen and oxygen atoms in total. The largest absolute Gasteiger partial charge is 0.509 e. The number of hydrogen-bond acceptors (Lipinski definition) is 4. The van der Waals surface area contributed by atoms with Crippen LogP contribution in [0.3, 0.4) is 0 Å². The Morgan fingerprint density at radius 2 is 2.10 bits per heavy atom. The number of aromatic amines is 2. The molecule has 0 saturated heterocycles. The van der Waals surface area contributed by atoms with E-state index in [4.69, 9.17) is 5.41 Å². The second kappa shape index (κ2) is 4.20. The molecule has 1 aliphatic heterocycles. The molecule has 0 spiro atoms. The molecule has 0 atom stereocenters. The first-order valence-corrected chi connectivity index (χ1v) is 6.47. The molecule has 2 aromatic heterocycles. The molecule has 0 radical (unpaired) electrons. The minimum atomic E-state index is 0.119. The Balaban J connectivity index is 1.77. The number of aliphatic hydroxyl groups is 1. The van der Waals surface area contributed by atoms with Crippen molar-refractivity contribution in [1.82, 2.24) is 20.2 Å². The van der Waals surface area contributed by atoms with Gasteiger partial charge in [-0.15, -0.1) is 0 Å². The van der Waals surface area contributed by atoms with Crippen molar-refractivity contribution in [3.05, 3.63) is 48.1 Å². The van der Waals surface area contributed by atoms with E-state index in [2.05, 4.69) is 20.2 Å². The van der Waals surface area contributed by atoms with Gasteiger partial charge in [0.1, 0.15) is 23.2 Å². The van der Waals surface area contributed by atoms with E-state index in [1.54, 1.807) is 17.2 Å². The number of aliphatic hydroxyl groups excluding tert-OH is 1. The summed E-state index contributed by atoms with van der Waals surface area (Å²) in [6, 6.07) is 9.36. The highest BCUT2D eigenvalue weighted by molar-refractivity contribution is 6.30. The normalized spacial score (nSPS) is 15.4. The molecule has 1 aliphatic rings. The molecule has 0 bridgehead atoms. The van der Waals surface area contributed by atoms with E-state index >= 15 is 0 Å². The summed E-state index contributed by atoms with van der Waals surface area (Å²) >= 11 is 0. The summed E-state index contributed by atoms with van der Waals surface area (Å²) in [6.07, 6.45) is 1.61. The summed E-state index contributed by atoms with van der Waals surface area (Å²) in [4.78, 5) is 9.23. The molecule has 1 aromatic carbocycles. The summed E-state index contributed by atoms with van der Waals surface area (Å²) in [7, 11) is 0. The highest BCUT2D eigenvalue weighted by atomic mass is 16.3. The lowest BCUT2D eigenvalue weighted by Gasteiger charge is -2.15. The summed E-state index contributed by atoms with van der Waals surface area (Å²) in [5.74, 6) is 1.47. The number of imidazole rings is 1. The van der Waals surface area contributed by atoms with Crippen LogP contribution in [0.15, 0.2) is 42.3 Å². The summed E-state index contributed by atoms with van der Waals surface area (Å²) in [5, 5.41) is 25.2. The first-order valence-electron chi connectivity index (χ1n) is 6.47. The predicted octanol–water partition coefficient (Wildman–Crippen LogP) is 2.05. The van der Waals surface area contributed by atoms with Crippen LogP contribution in [0.5, 0.6) is 0 Å². The van der Waals surface area contributed by atoms with Gasteiger partial charge in [-0.2, -0.15) is 5.10 Å². The monoisotopic (exact) mass is 280 g/mol. The molecule has 4 rings (SSSR count). The van der Waals surface area contributed by atoms with Gasteiger partial charge in [-0.05, 0) is 12.1 Å². The van der Waals surface area contributed by atoms with Crippen LogP contribution in [-0.4, -0.2) is 37.7 Å². The van der Waals surface area contributed by atoms with Crippen molar-refractivity contribution < 1.29 is 5.11 Å². The van der Waals surface area contributed by atoms with Crippen molar-refractivity contribution in [2.75, 3.05) is 11.4 Å². The van der Waals surface area contributed by atoms with Gasteiger partial charge in [0.2, 0.25) is 0 Å². The maximum Gasteiger partial charge on any atom is 0.145 e. The molecule has 104 valence electrons. The van der Waals surface area contributed by atoms with Crippen molar-refractivity contribution in [2.24, 2.45) is 0 Å². The molecule has 7 heteroatoms. The van der Waals surface area contributed by atoms with Gasteiger partial charge < -0.3 is 15.0 Å². The molecular weight excluding hydrogens is 268 g/mol. The molecular formula is C14H12N6O. The average molecular weight is 280 g/mol. The lowest BCUT2D eigenvalue weighted by molar-refractivity contribution is 0.411. The molecule has 3 aromatic rings. The number of amidine groups is 1. The van der Waals surface area contributed by atoms with Crippen LogP contribution in [0.2, 0.25) is 0 Å². The van der Waals surface area contributed by atoms with Gasteiger partial charge >= 0.3 is 0 Å². The Kier molecular flexibility index (Phi) is 2.34. The third-order valence-corrected chi connectivity index (χ3v) is 3.51. The summed E-state index contributed by atoms with van der Waals surface area (Å²) in [5.41, 5.74) is 2.10. The molecule has 0 unspecified atom stereocenters. The number of para-hydroxylation sites is 2. The Hall–Kier alpha value is -3.09. The maximum atomic E-state index is 10.2. The topological polar surface area (TPSA) is 105 Å². The molecule has 0 aliphatic carbocycles. The fourth-order valence-electron chi connectivity index (χ4n) is 2.50. The van der Waals surface area contributed by atoms with Crippen LogP contribution in [0.1, 0.15) is 5.82 Å². The van der Waals surface area contributed by atoms with Gasteiger partial charge in [-0.25, -0.2) is 4.98 Å².